The predicted octanol–water partition coefficient (Wildman–Crippen LogP) is 4.68. The van der Waals surface area contributed by atoms with E-state index in [-0.39, 0.29) is 18.7 Å². The zero-order valence-electron chi connectivity index (χ0n) is 18.9. The van der Waals surface area contributed by atoms with Crippen LogP contribution in [-0.2, 0) is 37.0 Å². The molecule has 0 bridgehead atoms. The topological polar surface area (TPSA) is 54.0 Å². The first-order valence-corrected chi connectivity index (χ1v) is 11.2. The van der Waals surface area contributed by atoms with Crippen LogP contribution in [0.1, 0.15) is 44.2 Å². The van der Waals surface area contributed by atoms with Crippen molar-refractivity contribution >= 4 is 5.97 Å². The summed E-state index contributed by atoms with van der Waals surface area (Å²) < 4.78 is 24.4. The predicted molar refractivity (Wildman–Crippen MR) is 123 cm³/mol. The summed E-state index contributed by atoms with van der Waals surface area (Å²) in [5.41, 5.74) is 0.892. The molecule has 1 heterocycles. The van der Waals surface area contributed by atoms with E-state index in [1.165, 1.54) is 6.92 Å². The fourth-order valence-electron chi connectivity index (χ4n) is 3.98. The quantitative estimate of drug-likeness (QED) is 0.378. The molecule has 32 heavy (non-hydrogen) atoms. The first-order valence-electron chi connectivity index (χ1n) is 11.2. The van der Waals surface area contributed by atoms with E-state index in [0.717, 1.165) is 30.4 Å². The molecular weight excluding hydrogens is 404 g/mol. The maximum absolute atomic E-state index is 11.9. The highest BCUT2D eigenvalue weighted by Crippen LogP contribution is 2.38. The molecule has 0 aromatic heterocycles. The minimum Gasteiger partial charge on any atom is -0.457 e. The maximum Gasteiger partial charge on any atom is 0.303 e. The molecule has 2 aromatic rings. The van der Waals surface area contributed by atoms with Gasteiger partial charge in [-0.2, -0.15) is 0 Å². The van der Waals surface area contributed by atoms with E-state index in [4.69, 9.17) is 25.4 Å². The van der Waals surface area contributed by atoms with E-state index in [1.807, 2.05) is 60.7 Å². The highest BCUT2D eigenvalue weighted by atomic mass is 16.6. The van der Waals surface area contributed by atoms with Gasteiger partial charge in [0.1, 0.15) is 6.10 Å². The SMILES string of the molecule is C#C[C@]1(COCc2ccccc2)O[C@@H](CCCC)C(OC(C)=O)C1OCc1ccccc1. The van der Waals surface area contributed by atoms with Gasteiger partial charge in [-0.15, -0.1) is 6.42 Å². The van der Waals surface area contributed by atoms with Crippen molar-refractivity contribution < 1.29 is 23.7 Å². The van der Waals surface area contributed by atoms with Gasteiger partial charge in [0.05, 0.1) is 25.9 Å². The van der Waals surface area contributed by atoms with Gasteiger partial charge in [0, 0.05) is 6.92 Å². The second-order valence-corrected chi connectivity index (χ2v) is 8.10. The molecule has 170 valence electrons. The van der Waals surface area contributed by atoms with Gasteiger partial charge in [-0.1, -0.05) is 86.3 Å². The number of hydrogen-bond acceptors (Lipinski definition) is 5. The van der Waals surface area contributed by atoms with Crippen LogP contribution in [0.3, 0.4) is 0 Å². The molecule has 1 aliphatic rings. The molecule has 0 spiro atoms. The zero-order chi connectivity index (χ0) is 22.8. The van der Waals surface area contributed by atoms with Crippen LogP contribution in [-0.4, -0.2) is 36.5 Å². The van der Waals surface area contributed by atoms with Gasteiger partial charge in [0.25, 0.3) is 0 Å². The van der Waals surface area contributed by atoms with Crippen molar-refractivity contribution in [2.75, 3.05) is 6.61 Å². The number of carbonyl (C=O) groups excluding carboxylic acids is 1. The first kappa shape index (κ1) is 24.0. The fraction of sp³-hybridized carbons (Fsp3) is 0.444. The average molecular weight is 437 g/mol. The summed E-state index contributed by atoms with van der Waals surface area (Å²) in [5, 5.41) is 0. The molecule has 0 aliphatic carbocycles. The number of unbranched alkanes of at least 4 members (excludes halogenated alkanes) is 1. The van der Waals surface area contributed by atoms with Crippen LogP contribution in [0, 0.1) is 12.3 Å². The lowest BCUT2D eigenvalue weighted by atomic mass is 9.94. The summed E-state index contributed by atoms with van der Waals surface area (Å²) in [6.07, 6.45) is 7.07. The Morgan fingerprint density at radius 3 is 2.25 bits per heavy atom. The summed E-state index contributed by atoms with van der Waals surface area (Å²) in [6.45, 7) is 4.37. The number of rotatable bonds is 11. The molecule has 4 atom stereocenters. The summed E-state index contributed by atoms with van der Waals surface area (Å²) in [6, 6.07) is 19.7. The Morgan fingerprint density at radius 1 is 1.06 bits per heavy atom. The van der Waals surface area contributed by atoms with Gasteiger partial charge >= 0.3 is 5.97 Å². The van der Waals surface area contributed by atoms with Crippen molar-refractivity contribution in [3.63, 3.8) is 0 Å². The monoisotopic (exact) mass is 436 g/mol. The lowest BCUT2D eigenvalue weighted by molar-refractivity contribution is -0.156. The van der Waals surface area contributed by atoms with Crippen LogP contribution >= 0.6 is 0 Å². The largest absolute Gasteiger partial charge is 0.457 e. The fourth-order valence-corrected chi connectivity index (χ4v) is 3.98. The summed E-state index contributed by atoms with van der Waals surface area (Å²) in [5.74, 6) is 2.41. The van der Waals surface area contributed by atoms with Gasteiger partial charge in [-0.3, -0.25) is 4.79 Å². The van der Waals surface area contributed by atoms with Gasteiger partial charge < -0.3 is 18.9 Å². The molecule has 3 rings (SSSR count). The number of esters is 1. The molecular formula is C27H32O5. The molecule has 1 fully saturated rings. The van der Waals surface area contributed by atoms with Gasteiger partial charge in [0.2, 0.25) is 0 Å². The molecule has 1 saturated heterocycles. The average Bonchev–Trinajstić information content (AvgIpc) is 3.09. The van der Waals surface area contributed by atoms with Crippen LogP contribution in [0.25, 0.3) is 0 Å². The van der Waals surface area contributed by atoms with Gasteiger partial charge in [-0.05, 0) is 17.5 Å². The Bertz CT molecular complexity index is 876. The Morgan fingerprint density at radius 2 is 1.69 bits per heavy atom. The molecule has 0 N–H and O–H groups in total. The van der Waals surface area contributed by atoms with Crippen molar-refractivity contribution in [1.29, 1.82) is 0 Å². The first-order chi connectivity index (χ1) is 15.6. The normalized spacial score (nSPS) is 24.7. The Labute approximate surface area is 191 Å². The van der Waals surface area contributed by atoms with Crippen LogP contribution in [0.4, 0.5) is 0 Å². The summed E-state index contributed by atoms with van der Waals surface area (Å²) in [4.78, 5) is 11.9. The number of carbonyl (C=O) groups is 1. The third-order valence-electron chi connectivity index (χ3n) is 5.58. The lowest BCUT2D eigenvalue weighted by Crippen LogP contribution is -2.48. The van der Waals surface area contributed by atoms with Crippen LogP contribution in [0.2, 0.25) is 0 Å². The van der Waals surface area contributed by atoms with Crippen LogP contribution < -0.4 is 0 Å². The molecule has 0 radical (unpaired) electrons. The highest BCUT2D eigenvalue weighted by Gasteiger charge is 2.57. The van der Waals surface area contributed by atoms with Crippen LogP contribution in [0.15, 0.2) is 60.7 Å². The summed E-state index contributed by atoms with van der Waals surface area (Å²) >= 11 is 0. The number of terminal acetylenes is 1. The molecule has 0 saturated carbocycles. The highest BCUT2D eigenvalue weighted by molar-refractivity contribution is 5.66. The van der Waals surface area contributed by atoms with Crippen molar-refractivity contribution in [2.45, 2.75) is 70.2 Å². The maximum atomic E-state index is 11.9. The molecule has 5 heteroatoms. The van der Waals surface area contributed by atoms with Crippen LogP contribution in [0.5, 0.6) is 0 Å². The van der Waals surface area contributed by atoms with Gasteiger partial charge in [-0.25, -0.2) is 0 Å². The molecule has 0 amide bonds. The standard InChI is InChI=1S/C27H32O5/c1-4-6-17-24-25(31-21(3)28)26(30-19-23-15-11-8-12-16-23)27(5-2,32-24)20-29-18-22-13-9-7-10-14-22/h2,7-16,24-26H,4,6,17-20H2,1,3H3/t24-,25?,26?,27+/m0/s1. The second-order valence-electron chi connectivity index (χ2n) is 8.10. The van der Waals surface area contributed by atoms with E-state index in [2.05, 4.69) is 12.8 Å². The smallest absolute Gasteiger partial charge is 0.303 e. The minimum absolute atomic E-state index is 0.137. The molecule has 2 unspecified atom stereocenters. The van der Waals surface area contributed by atoms with Crippen molar-refractivity contribution in [3.05, 3.63) is 71.8 Å². The zero-order valence-corrected chi connectivity index (χ0v) is 18.9. The van der Waals surface area contributed by atoms with Crippen molar-refractivity contribution in [2.24, 2.45) is 0 Å². The second kappa shape index (κ2) is 11.8. The third-order valence-corrected chi connectivity index (χ3v) is 5.58. The molecule has 5 nitrogen and oxygen atoms in total. The van der Waals surface area contributed by atoms with E-state index >= 15 is 0 Å². The minimum atomic E-state index is -1.15. The Kier molecular flexibility index (Phi) is 8.87. The Hall–Kier alpha value is -2.65. The van der Waals surface area contributed by atoms with E-state index in [1.54, 1.807) is 0 Å². The van der Waals surface area contributed by atoms with Gasteiger partial charge in [0.15, 0.2) is 11.7 Å². The molecule has 1 aliphatic heterocycles. The van der Waals surface area contributed by atoms with Crippen molar-refractivity contribution in [1.82, 2.24) is 0 Å². The number of hydrogen-bond donors (Lipinski definition) is 0. The number of benzene rings is 2. The van der Waals surface area contributed by atoms with E-state index in [0.29, 0.717) is 13.2 Å². The summed E-state index contributed by atoms with van der Waals surface area (Å²) in [7, 11) is 0. The van der Waals surface area contributed by atoms with E-state index in [9.17, 15) is 4.79 Å². The molecule has 2 aromatic carbocycles. The van der Waals surface area contributed by atoms with Crippen molar-refractivity contribution in [3.8, 4) is 12.3 Å². The lowest BCUT2D eigenvalue weighted by Gasteiger charge is -2.30. The number of ether oxygens (including phenoxy) is 4. The third kappa shape index (κ3) is 6.20. The van der Waals surface area contributed by atoms with E-state index < -0.39 is 17.8 Å². The Balaban J connectivity index is 1.81.